The van der Waals surface area contributed by atoms with E-state index in [1.807, 2.05) is 26.0 Å². The smallest absolute Gasteiger partial charge is 0.410 e. The molecule has 26 nitrogen and oxygen atoms in total. The summed E-state index contributed by atoms with van der Waals surface area (Å²) in [4.78, 5) is 41.9. The standard InChI is InChI=1S/C30H36ClNO4SSi.C25H36ClN3O6S.2C15H18ClNO5S/c1-30(2,3)38(27-10-6-4-7-11-27,28-12-8-5-9-13-28)36-21-25-20-35-22-29(23-14-15-23)32(25)37(33,34)26-18-16-24(31)17-19-26;1-24(2,17-30)28-13-11-27(12-14-28)23(31)35-25(9-10-25)22-16-34-15-21(18-3-4-18)29(22)36(32,33)20-7-5-19(26)6-8-20;2*1-21-15(18)14-9-22-8-13(10-2-3-10)17(14)23(19,20)12-6-4-11(16)5-7-12/h4-13,16-19,23,25,29H,14-15,20-22H2,1-3H3;5-8,18,21-22,30H,3-4,9-17H2,1-2H3;2*4-7,10,13-14H,2-3,8-9H2,1H3/t25-,29+;21-,22+;2*13-,14+/m1000/s1. The maximum atomic E-state index is 14.1. The number of morpholine rings is 4. The van der Waals surface area contributed by atoms with Gasteiger partial charge in [-0.3, -0.25) is 14.5 Å². The number of carbonyl (C=O) groups is 3. The molecule has 0 bridgehead atoms. The van der Waals surface area contributed by atoms with Crippen molar-refractivity contribution in [2.24, 2.45) is 23.7 Å². The topological polar surface area (TPSA) is 301 Å². The summed E-state index contributed by atoms with van der Waals surface area (Å²) in [6.07, 6.45) is 8.52. The predicted molar refractivity (Wildman–Crippen MR) is 457 cm³/mol. The number of esters is 2. The Kier molecular flexibility index (Phi) is 29.3. The van der Waals surface area contributed by atoms with Gasteiger partial charge in [-0.2, -0.15) is 17.2 Å². The van der Waals surface area contributed by atoms with E-state index in [9.17, 15) is 53.2 Å². The minimum atomic E-state index is -3.85. The predicted octanol–water partition coefficient (Wildman–Crippen LogP) is 11.0. The molecule has 5 aliphatic heterocycles. The van der Waals surface area contributed by atoms with E-state index in [0.29, 0.717) is 98.1 Å². The Morgan fingerprint density at radius 1 is 0.442 bits per heavy atom. The van der Waals surface area contributed by atoms with Crippen molar-refractivity contribution in [2.45, 2.75) is 183 Å². The van der Waals surface area contributed by atoms with E-state index in [0.717, 1.165) is 51.4 Å². The van der Waals surface area contributed by atoms with Gasteiger partial charge in [0.05, 0.1) is 136 Å². The zero-order valence-electron chi connectivity index (χ0n) is 68.4. The second kappa shape index (κ2) is 38.2. The maximum absolute atomic E-state index is 14.1. The second-order valence-electron chi connectivity index (χ2n) is 34.0. The Labute approximate surface area is 726 Å². The molecule has 10 aliphatic rings. The van der Waals surface area contributed by atoms with E-state index in [1.54, 1.807) is 49.9 Å². The van der Waals surface area contributed by atoms with E-state index >= 15 is 0 Å². The fraction of sp³-hybridized carbons (Fsp3) is 0.541. The number of benzene rings is 6. The largest absolute Gasteiger partial charge is 0.468 e. The maximum Gasteiger partial charge on any atom is 0.410 e. The van der Waals surface area contributed by atoms with Crippen molar-refractivity contribution in [3.8, 4) is 0 Å². The number of hydrogen-bond acceptors (Lipinski definition) is 21. The van der Waals surface area contributed by atoms with Crippen LogP contribution in [0, 0.1) is 23.7 Å². The van der Waals surface area contributed by atoms with Crippen LogP contribution in [0.5, 0.6) is 0 Å². The quantitative estimate of drug-likeness (QED) is 0.0354. The van der Waals surface area contributed by atoms with Gasteiger partial charge in [-0.25, -0.2) is 38.5 Å². The van der Waals surface area contributed by atoms with Crippen molar-refractivity contribution in [1.29, 1.82) is 0 Å². The first-order valence-corrected chi connectivity index (χ1v) is 50.0. The molecule has 5 saturated carbocycles. The molecule has 10 fully saturated rings. The lowest BCUT2D eigenvalue weighted by Crippen LogP contribution is -2.68. The van der Waals surface area contributed by atoms with Crippen LogP contribution in [0.4, 0.5) is 4.79 Å². The van der Waals surface area contributed by atoms with Crippen LogP contribution in [0.1, 0.15) is 98.8 Å². The first kappa shape index (κ1) is 91.9. The van der Waals surface area contributed by atoms with Gasteiger partial charge in [-0.1, -0.05) is 128 Å². The Balaban J connectivity index is 0.000000142. The van der Waals surface area contributed by atoms with Crippen molar-refractivity contribution in [2.75, 3.05) is 106 Å². The molecule has 0 radical (unpaired) electrons. The van der Waals surface area contributed by atoms with Gasteiger partial charge in [-0.15, -0.1) is 0 Å². The van der Waals surface area contributed by atoms with E-state index in [2.05, 4.69) is 74.2 Å². The highest BCUT2D eigenvalue weighted by molar-refractivity contribution is 7.90. The van der Waals surface area contributed by atoms with E-state index in [4.69, 9.17) is 84.0 Å². The van der Waals surface area contributed by atoms with Gasteiger partial charge in [0.15, 0.2) is 0 Å². The molecule has 5 aliphatic carbocycles. The van der Waals surface area contributed by atoms with Crippen LogP contribution in [0.2, 0.25) is 25.1 Å². The van der Waals surface area contributed by atoms with Crippen molar-refractivity contribution < 1.29 is 90.7 Å². The molecular weight excluding hydrogens is 1720 g/mol. The van der Waals surface area contributed by atoms with Gasteiger partial charge in [0.2, 0.25) is 40.1 Å². The Morgan fingerprint density at radius 3 is 1.10 bits per heavy atom. The molecule has 16 rings (SSSR count). The van der Waals surface area contributed by atoms with Crippen LogP contribution in [0.15, 0.2) is 177 Å². The highest BCUT2D eigenvalue weighted by Crippen LogP contribution is 2.52. The first-order chi connectivity index (χ1) is 57.1. The highest BCUT2D eigenvalue weighted by Gasteiger charge is 2.63. The van der Waals surface area contributed by atoms with E-state index < -0.39 is 96.2 Å². The van der Waals surface area contributed by atoms with Gasteiger partial charge in [-0.05, 0) is 214 Å². The molecule has 0 aromatic heterocycles. The summed E-state index contributed by atoms with van der Waals surface area (Å²) in [7, 11) is -15.7. The molecule has 0 unspecified atom stereocenters. The summed E-state index contributed by atoms with van der Waals surface area (Å²) in [5.41, 5.74) is -1.23. The van der Waals surface area contributed by atoms with Crippen LogP contribution in [-0.4, -0.2) is 258 Å². The van der Waals surface area contributed by atoms with Crippen LogP contribution in [-0.2, 0) is 87.3 Å². The number of methoxy groups -OCH3 is 2. The van der Waals surface area contributed by atoms with Crippen LogP contribution >= 0.6 is 46.4 Å². The number of aliphatic hydroxyl groups is 1. The lowest BCUT2D eigenvalue weighted by atomic mass is 10.0. The lowest BCUT2D eigenvalue weighted by Gasteiger charge is -2.46. The number of hydrogen-bond donors (Lipinski definition) is 1. The first-order valence-electron chi connectivity index (χ1n) is 40.8. The molecule has 6 aromatic carbocycles. The normalized spacial score (nSPS) is 25.0. The average Bonchev–Trinajstić information content (AvgIpc) is 1.38. The highest BCUT2D eigenvalue weighted by atomic mass is 35.5. The summed E-state index contributed by atoms with van der Waals surface area (Å²) < 4.78 is 160. The number of halogens is 4. The second-order valence-corrected chi connectivity index (χ2v) is 47.4. The average molecular weight is 1830 g/mol. The van der Waals surface area contributed by atoms with Crippen LogP contribution in [0.25, 0.3) is 0 Å². The zero-order valence-corrected chi connectivity index (χ0v) is 75.7. The molecule has 6 aromatic rings. The third kappa shape index (κ3) is 20.5. The third-order valence-corrected chi connectivity index (χ3v) is 38.2. The number of amides is 1. The third-order valence-electron chi connectivity index (χ3n) is 24.4. The molecular formula is C85H108Cl4N6O20S4Si. The SMILES string of the molecule is CC(C)(C)[Si](OC[C@H]1COC[C@@H](C2CC2)N1S(=O)(=O)c1ccc(Cl)cc1)(c1ccccc1)c1ccccc1.CC(C)(CO)N1CCN(C(=O)OC2([C@H]3COC[C@@H](C4CC4)N3S(=O)(=O)c3ccc(Cl)cc3)CC2)CC1.COC(=O)[C@H]1COC[C@@H](C2CC2)N1S(=O)(=O)c1ccc(Cl)cc1.COC(=O)[C@H]1COC[C@@H](C2CC2)N1S(=O)(=O)c1ccc(Cl)cc1. The molecule has 5 heterocycles. The fourth-order valence-electron chi connectivity index (χ4n) is 17.0. The molecule has 5 saturated heterocycles. The number of ether oxygens (including phenoxy) is 7. The summed E-state index contributed by atoms with van der Waals surface area (Å²) in [6, 6.07) is 41.4. The molecule has 0 spiro atoms. The van der Waals surface area contributed by atoms with Crippen LogP contribution in [0.3, 0.4) is 0 Å². The minimum Gasteiger partial charge on any atom is -0.468 e. The van der Waals surface area contributed by atoms with E-state index in [-0.39, 0.29) is 105 Å². The Morgan fingerprint density at radius 2 is 0.767 bits per heavy atom. The van der Waals surface area contributed by atoms with Gasteiger partial charge in [0.25, 0.3) is 8.32 Å². The van der Waals surface area contributed by atoms with Gasteiger partial charge in [0.1, 0.15) is 17.7 Å². The molecule has 35 heteroatoms. The summed E-state index contributed by atoms with van der Waals surface area (Å²) in [5, 5.41) is 13.7. The number of rotatable bonds is 23. The number of nitrogens with zero attached hydrogens (tertiary/aromatic N) is 6. The number of aliphatic hydroxyl groups excluding tert-OH is 1. The van der Waals surface area contributed by atoms with Crippen molar-refractivity contribution in [3.63, 3.8) is 0 Å². The summed E-state index contributed by atoms with van der Waals surface area (Å²) in [5.74, 6) is -0.188. The van der Waals surface area contributed by atoms with Crippen LogP contribution < -0.4 is 10.4 Å². The monoisotopic (exact) mass is 1830 g/mol. The summed E-state index contributed by atoms with van der Waals surface area (Å²) in [6.45, 7) is 15.1. The molecule has 1 N–H and O–H groups in total. The van der Waals surface area contributed by atoms with Gasteiger partial charge in [0, 0.05) is 51.8 Å². The number of carbonyl (C=O) groups excluding carboxylic acids is 3. The van der Waals surface area contributed by atoms with Crippen molar-refractivity contribution >= 4 is 123 Å². The van der Waals surface area contributed by atoms with Gasteiger partial charge < -0.3 is 47.6 Å². The lowest BCUT2D eigenvalue weighted by molar-refractivity contribution is -0.153. The molecule has 654 valence electrons. The van der Waals surface area contributed by atoms with E-state index in [1.165, 1.54) is 93.9 Å². The Bertz CT molecular complexity index is 4830. The van der Waals surface area contributed by atoms with Crippen molar-refractivity contribution in [3.05, 3.63) is 178 Å². The molecule has 120 heavy (non-hydrogen) atoms. The van der Waals surface area contributed by atoms with Crippen molar-refractivity contribution in [1.82, 2.24) is 27.0 Å². The fourth-order valence-corrected chi connectivity index (χ4v) is 29.4. The Hall–Kier alpha value is -5.73. The number of sulfonamides is 4. The molecule has 8 atom stereocenters. The zero-order chi connectivity index (χ0) is 85.9. The minimum absolute atomic E-state index is 0.00269. The number of piperazine rings is 1. The molecule has 1 amide bonds. The summed E-state index contributed by atoms with van der Waals surface area (Å²) >= 11 is 23.8. The van der Waals surface area contributed by atoms with Gasteiger partial charge >= 0.3 is 18.0 Å².